The van der Waals surface area contributed by atoms with E-state index in [1.807, 2.05) is 4.90 Å². The predicted octanol–water partition coefficient (Wildman–Crippen LogP) is 3.15. The lowest BCUT2D eigenvalue weighted by molar-refractivity contribution is -0.134. The molecule has 2 aliphatic heterocycles. The average molecular weight is 364 g/mol. The third kappa shape index (κ3) is 4.80. The summed E-state index contributed by atoms with van der Waals surface area (Å²) in [6, 6.07) is 4.05. The van der Waals surface area contributed by atoms with Gasteiger partial charge in [-0.15, -0.1) is 0 Å². The van der Waals surface area contributed by atoms with Gasteiger partial charge in [0, 0.05) is 39.0 Å². The molecule has 0 N–H and O–H groups in total. The van der Waals surface area contributed by atoms with Gasteiger partial charge in [0.05, 0.1) is 0 Å². The second-order valence-electron chi connectivity index (χ2n) is 7.37. The SMILES string of the molecule is O=C1CCCN1CCC(=O)N1CCCC(CCc2ccc(F)c(F)c2)C1. The molecule has 0 spiro atoms. The molecule has 2 aliphatic rings. The Morgan fingerprint density at radius 1 is 1.15 bits per heavy atom. The van der Waals surface area contributed by atoms with Crippen molar-refractivity contribution in [2.75, 3.05) is 26.2 Å². The Morgan fingerprint density at radius 3 is 2.73 bits per heavy atom. The number of aryl methyl sites for hydroxylation is 1. The summed E-state index contributed by atoms with van der Waals surface area (Å²) in [7, 11) is 0. The van der Waals surface area contributed by atoms with Gasteiger partial charge in [-0.3, -0.25) is 9.59 Å². The number of carbonyl (C=O) groups excluding carboxylic acids is 2. The van der Waals surface area contributed by atoms with Crippen LogP contribution in [-0.2, 0) is 16.0 Å². The normalized spacial score (nSPS) is 20.7. The number of carbonyl (C=O) groups is 2. The van der Waals surface area contributed by atoms with Crippen LogP contribution in [0.4, 0.5) is 8.78 Å². The van der Waals surface area contributed by atoms with Crippen LogP contribution in [0.15, 0.2) is 18.2 Å². The van der Waals surface area contributed by atoms with E-state index in [9.17, 15) is 18.4 Å². The molecule has 1 aromatic rings. The molecule has 3 rings (SSSR count). The van der Waals surface area contributed by atoms with Crippen molar-refractivity contribution in [1.29, 1.82) is 0 Å². The molecular weight excluding hydrogens is 338 g/mol. The van der Waals surface area contributed by atoms with Gasteiger partial charge in [0.2, 0.25) is 11.8 Å². The number of nitrogens with zero attached hydrogens (tertiary/aromatic N) is 2. The fourth-order valence-corrected chi connectivity index (χ4v) is 3.92. The van der Waals surface area contributed by atoms with Gasteiger partial charge in [-0.05, 0) is 55.7 Å². The lowest BCUT2D eigenvalue weighted by atomic mass is 9.91. The molecule has 0 radical (unpaired) electrons. The number of piperidine rings is 1. The first-order valence-electron chi connectivity index (χ1n) is 9.52. The average Bonchev–Trinajstić information content (AvgIpc) is 3.06. The minimum absolute atomic E-state index is 0.113. The molecule has 0 saturated carbocycles. The number of hydrogen-bond acceptors (Lipinski definition) is 2. The van der Waals surface area contributed by atoms with E-state index in [4.69, 9.17) is 0 Å². The Bertz CT molecular complexity index is 665. The summed E-state index contributed by atoms with van der Waals surface area (Å²) in [5.41, 5.74) is 0.792. The molecule has 26 heavy (non-hydrogen) atoms. The fraction of sp³-hybridized carbons (Fsp3) is 0.600. The molecule has 2 amide bonds. The fourth-order valence-electron chi connectivity index (χ4n) is 3.92. The van der Waals surface area contributed by atoms with Crippen molar-refractivity contribution in [3.63, 3.8) is 0 Å². The molecule has 0 aromatic heterocycles. The van der Waals surface area contributed by atoms with Crippen LogP contribution in [-0.4, -0.2) is 47.8 Å². The molecule has 142 valence electrons. The smallest absolute Gasteiger partial charge is 0.224 e. The van der Waals surface area contributed by atoms with E-state index in [0.29, 0.717) is 31.7 Å². The molecule has 0 aliphatic carbocycles. The van der Waals surface area contributed by atoms with Crippen molar-refractivity contribution in [3.05, 3.63) is 35.4 Å². The summed E-state index contributed by atoms with van der Waals surface area (Å²) in [5.74, 6) is -0.976. The van der Waals surface area contributed by atoms with E-state index >= 15 is 0 Å². The Morgan fingerprint density at radius 2 is 2.00 bits per heavy atom. The van der Waals surface area contributed by atoms with E-state index in [1.165, 1.54) is 12.1 Å². The maximum absolute atomic E-state index is 13.3. The van der Waals surface area contributed by atoms with Gasteiger partial charge >= 0.3 is 0 Å². The molecule has 4 nitrogen and oxygen atoms in total. The minimum atomic E-state index is -0.820. The molecule has 1 atom stereocenters. The van der Waals surface area contributed by atoms with Gasteiger partial charge in [0.25, 0.3) is 0 Å². The first kappa shape index (κ1) is 18.8. The monoisotopic (exact) mass is 364 g/mol. The third-order valence-corrected chi connectivity index (χ3v) is 5.46. The Balaban J connectivity index is 1.45. The molecule has 2 heterocycles. The molecule has 1 unspecified atom stereocenters. The highest BCUT2D eigenvalue weighted by molar-refractivity contribution is 5.80. The van der Waals surface area contributed by atoms with Crippen LogP contribution in [0.5, 0.6) is 0 Å². The molecule has 1 aromatic carbocycles. The van der Waals surface area contributed by atoms with Crippen LogP contribution in [0.1, 0.15) is 44.1 Å². The second kappa shape index (κ2) is 8.60. The Hall–Kier alpha value is -1.98. The number of amides is 2. The summed E-state index contributed by atoms with van der Waals surface area (Å²) < 4.78 is 26.3. The highest BCUT2D eigenvalue weighted by Gasteiger charge is 2.25. The highest BCUT2D eigenvalue weighted by Crippen LogP contribution is 2.23. The van der Waals surface area contributed by atoms with Crippen LogP contribution in [0.3, 0.4) is 0 Å². The Labute approximate surface area is 153 Å². The van der Waals surface area contributed by atoms with Gasteiger partial charge in [-0.1, -0.05) is 6.07 Å². The number of likely N-dealkylation sites (tertiary alicyclic amines) is 2. The van der Waals surface area contributed by atoms with Crippen LogP contribution in [0, 0.1) is 17.6 Å². The minimum Gasteiger partial charge on any atom is -0.342 e. The lowest BCUT2D eigenvalue weighted by Gasteiger charge is -2.33. The van der Waals surface area contributed by atoms with E-state index in [1.54, 1.807) is 11.0 Å². The van der Waals surface area contributed by atoms with Crippen molar-refractivity contribution in [1.82, 2.24) is 9.80 Å². The van der Waals surface area contributed by atoms with Crippen LogP contribution in [0.2, 0.25) is 0 Å². The summed E-state index contributed by atoms with van der Waals surface area (Å²) in [4.78, 5) is 27.8. The van der Waals surface area contributed by atoms with Crippen molar-refractivity contribution in [2.24, 2.45) is 5.92 Å². The first-order chi connectivity index (χ1) is 12.5. The van der Waals surface area contributed by atoms with Gasteiger partial charge in [-0.25, -0.2) is 8.78 Å². The summed E-state index contributed by atoms with van der Waals surface area (Å²) in [6.45, 7) is 2.78. The van der Waals surface area contributed by atoms with E-state index in [2.05, 4.69) is 0 Å². The quantitative estimate of drug-likeness (QED) is 0.778. The standard InChI is InChI=1S/C20H26F2N2O2/c21-17-8-7-15(13-18(17)22)5-6-16-3-1-11-24(14-16)20(26)9-12-23-10-2-4-19(23)25/h7-8,13,16H,1-6,9-12,14H2. The summed E-state index contributed by atoms with van der Waals surface area (Å²) >= 11 is 0. The topological polar surface area (TPSA) is 40.6 Å². The highest BCUT2D eigenvalue weighted by atomic mass is 19.2. The maximum Gasteiger partial charge on any atom is 0.224 e. The largest absolute Gasteiger partial charge is 0.342 e. The predicted molar refractivity (Wildman–Crippen MR) is 94.4 cm³/mol. The third-order valence-electron chi connectivity index (χ3n) is 5.46. The summed E-state index contributed by atoms with van der Waals surface area (Å²) in [5, 5.41) is 0. The van der Waals surface area contributed by atoms with Gasteiger partial charge in [0.15, 0.2) is 11.6 Å². The van der Waals surface area contributed by atoms with E-state index in [0.717, 1.165) is 50.9 Å². The number of halogens is 2. The van der Waals surface area contributed by atoms with E-state index < -0.39 is 11.6 Å². The lowest BCUT2D eigenvalue weighted by Crippen LogP contribution is -2.41. The Kier molecular flexibility index (Phi) is 6.22. The molecule has 2 saturated heterocycles. The second-order valence-corrected chi connectivity index (χ2v) is 7.37. The van der Waals surface area contributed by atoms with Gasteiger partial charge in [-0.2, -0.15) is 0 Å². The number of benzene rings is 1. The first-order valence-corrected chi connectivity index (χ1v) is 9.52. The van der Waals surface area contributed by atoms with Crippen LogP contribution >= 0.6 is 0 Å². The van der Waals surface area contributed by atoms with E-state index in [-0.39, 0.29) is 11.8 Å². The summed E-state index contributed by atoms with van der Waals surface area (Å²) in [6.07, 6.45) is 5.45. The molecule has 2 fully saturated rings. The maximum atomic E-state index is 13.3. The molecule has 6 heteroatoms. The van der Waals surface area contributed by atoms with Crippen molar-refractivity contribution >= 4 is 11.8 Å². The van der Waals surface area contributed by atoms with Gasteiger partial charge < -0.3 is 9.80 Å². The zero-order valence-electron chi connectivity index (χ0n) is 15.1. The molecular formula is C20H26F2N2O2. The molecule has 0 bridgehead atoms. The van der Waals surface area contributed by atoms with Crippen molar-refractivity contribution in [2.45, 2.75) is 44.9 Å². The number of hydrogen-bond donors (Lipinski definition) is 0. The van der Waals surface area contributed by atoms with Crippen molar-refractivity contribution < 1.29 is 18.4 Å². The van der Waals surface area contributed by atoms with Crippen molar-refractivity contribution in [3.8, 4) is 0 Å². The number of rotatable bonds is 6. The zero-order valence-corrected chi connectivity index (χ0v) is 15.1. The van der Waals surface area contributed by atoms with Crippen LogP contribution < -0.4 is 0 Å². The van der Waals surface area contributed by atoms with Gasteiger partial charge in [0.1, 0.15) is 0 Å². The zero-order chi connectivity index (χ0) is 18.5. The van der Waals surface area contributed by atoms with Crippen LogP contribution in [0.25, 0.3) is 0 Å².